The first-order valence-corrected chi connectivity index (χ1v) is 5.46. The van der Waals surface area contributed by atoms with Crippen LogP contribution in [0.25, 0.3) is 0 Å². The summed E-state index contributed by atoms with van der Waals surface area (Å²) in [7, 11) is 1.33. The Kier molecular flexibility index (Phi) is 4.89. The highest BCUT2D eigenvalue weighted by Crippen LogP contribution is 2.26. The number of carbonyl (C=O) groups excluding carboxylic acids is 1. The van der Waals surface area contributed by atoms with Crippen molar-refractivity contribution in [2.75, 3.05) is 7.11 Å². The van der Waals surface area contributed by atoms with Crippen molar-refractivity contribution in [3.63, 3.8) is 0 Å². The fraction of sp³-hybridized carbons (Fsp3) is 0.700. The number of aromatic nitrogens is 3. The van der Waals surface area contributed by atoms with Gasteiger partial charge < -0.3 is 10.5 Å². The molecule has 0 spiro atoms. The summed E-state index contributed by atoms with van der Waals surface area (Å²) < 4.78 is 6.33. The molecule has 1 aromatic rings. The number of nitrogens with two attached hydrogens (primary N) is 1. The standard InChI is InChI=1S/C10H16N4O2.ClH/c1-16-10(15)9-6-14(13-12-9)8-4-2-7(11)3-5-8;/h6-8H,2-5,11H2,1H3;1H. The van der Waals surface area contributed by atoms with E-state index in [0.29, 0.717) is 12.1 Å². The zero-order valence-corrected chi connectivity index (χ0v) is 10.5. The second kappa shape index (κ2) is 5.97. The van der Waals surface area contributed by atoms with Crippen LogP contribution in [-0.2, 0) is 4.74 Å². The summed E-state index contributed by atoms with van der Waals surface area (Å²) in [5.41, 5.74) is 6.09. The van der Waals surface area contributed by atoms with Crippen molar-refractivity contribution >= 4 is 18.4 Å². The van der Waals surface area contributed by atoms with Gasteiger partial charge in [-0.1, -0.05) is 5.21 Å². The summed E-state index contributed by atoms with van der Waals surface area (Å²) >= 11 is 0. The van der Waals surface area contributed by atoms with Crippen LogP contribution < -0.4 is 5.73 Å². The maximum absolute atomic E-state index is 11.2. The highest BCUT2D eigenvalue weighted by Gasteiger charge is 2.22. The maximum Gasteiger partial charge on any atom is 0.360 e. The number of rotatable bonds is 2. The lowest BCUT2D eigenvalue weighted by Gasteiger charge is -2.25. The second-order valence-electron chi connectivity index (χ2n) is 4.14. The highest BCUT2D eigenvalue weighted by molar-refractivity contribution is 5.86. The Morgan fingerprint density at radius 1 is 1.47 bits per heavy atom. The molecule has 17 heavy (non-hydrogen) atoms. The van der Waals surface area contributed by atoms with Crippen molar-refractivity contribution in [1.82, 2.24) is 15.0 Å². The van der Waals surface area contributed by atoms with Gasteiger partial charge in [-0.05, 0) is 25.7 Å². The van der Waals surface area contributed by atoms with Crippen LogP contribution in [0.5, 0.6) is 0 Å². The predicted octanol–water partition coefficient (Wildman–Crippen LogP) is 0.929. The van der Waals surface area contributed by atoms with Gasteiger partial charge in [0.15, 0.2) is 5.69 Å². The number of nitrogens with zero attached hydrogens (tertiary/aromatic N) is 3. The van der Waals surface area contributed by atoms with Gasteiger partial charge >= 0.3 is 5.97 Å². The zero-order valence-electron chi connectivity index (χ0n) is 9.70. The van der Waals surface area contributed by atoms with Crippen LogP contribution in [0.3, 0.4) is 0 Å². The van der Waals surface area contributed by atoms with Crippen molar-refractivity contribution < 1.29 is 9.53 Å². The molecule has 0 aromatic carbocycles. The van der Waals surface area contributed by atoms with Crippen LogP contribution in [0, 0.1) is 0 Å². The lowest BCUT2D eigenvalue weighted by atomic mass is 9.92. The van der Waals surface area contributed by atoms with Gasteiger partial charge in [-0.15, -0.1) is 17.5 Å². The summed E-state index contributed by atoms with van der Waals surface area (Å²) in [6.45, 7) is 0. The summed E-state index contributed by atoms with van der Waals surface area (Å²) in [6.07, 6.45) is 5.62. The molecule has 1 fully saturated rings. The minimum Gasteiger partial charge on any atom is -0.464 e. The summed E-state index contributed by atoms with van der Waals surface area (Å²) in [5.74, 6) is -0.446. The molecule has 1 aliphatic rings. The Bertz CT molecular complexity index is 374. The van der Waals surface area contributed by atoms with Gasteiger partial charge in [0.1, 0.15) is 0 Å². The average molecular weight is 261 g/mol. The van der Waals surface area contributed by atoms with E-state index in [-0.39, 0.29) is 18.1 Å². The zero-order chi connectivity index (χ0) is 11.5. The molecule has 7 heteroatoms. The molecule has 0 radical (unpaired) electrons. The van der Waals surface area contributed by atoms with Crippen LogP contribution in [0.2, 0.25) is 0 Å². The number of carbonyl (C=O) groups is 1. The van der Waals surface area contributed by atoms with Gasteiger partial charge in [0.2, 0.25) is 0 Å². The van der Waals surface area contributed by atoms with E-state index in [2.05, 4.69) is 15.0 Å². The topological polar surface area (TPSA) is 83.0 Å². The number of hydrogen-bond donors (Lipinski definition) is 1. The molecule has 0 unspecified atom stereocenters. The lowest BCUT2D eigenvalue weighted by Crippen LogP contribution is -2.28. The van der Waals surface area contributed by atoms with Crippen LogP contribution >= 0.6 is 12.4 Å². The number of esters is 1. The minimum absolute atomic E-state index is 0. The number of hydrogen-bond acceptors (Lipinski definition) is 5. The summed E-state index contributed by atoms with van der Waals surface area (Å²) in [6, 6.07) is 0.616. The fourth-order valence-corrected chi connectivity index (χ4v) is 2.02. The van der Waals surface area contributed by atoms with Gasteiger partial charge in [-0.2, -0.15) is 0 Å². The van der Waals surface area contributed by atoms with Gasteiger partial charge in [0.05, 0.1) is 19.3 Å². The molecule has 96 valence electrons. The maximum atomic E-state index is 11.2. The third kappa shape index (κ3) is 3.17. The minimum atomic E-state index is -0.446. The van der Waals surface area contributed by atoms with Crippen molar-refractivity contribution in [3.8, 4) is 0 Å². The van der Waals surface area contributed by atoms with Crippen LogP contribution in [0.15, 0.2) is 6.20 Å². The normalized spacial score (nSPS) is 23.9. The highest BCUT2D eigenvalue weighted by atomic mass is 35.5. The first-order chi connectivity index (χ1) is 7.70. The van der Waals surface area contributed by atoms with Crippen molar-refractivity contribution in [1.29, 1.82) is 0 Å². The van der Waals surface area contributed by atoms with Crippen LogP contribution in [-0.4, -0.2) is 34.1 Å². The lowest BCUT2D eigenvalue weighted by molar-refractivity contribution is 0.0594. The van der Waals surface area contributed by atoms with Crippen molar-refractivity contribution in [2.24, 2.45) is 5.73 Å². The van der Waals surface area contributed by atoms with E-state index in [4.69, 9.17) is 5.73 Å². The molecule has 1 saturated carbocycles. The molecule has 2 N–H and O–H groups in total. The van der Waals surface area contributed by atoms with Crippen LogP contribution in [0.1, 0.15) is 42.2 Å². The van der Waals surface area contributed by atoms with Gasteiger partial charge in [-0.3, -0.25) is 0 Å². The Balaban J connectivity index is 0.00000144. The first-order valence-electron chi connectivity index (χ1n) is 5.46. The molecule has 1 aromatic heterocycles. The molecule has 0 saturated heterocycles. The largest absolute Gasteiger partial charge is 0.464 e. The fourth-order valence-electron chi connectivity index (χ4n) is 2.02. The smallest absolute Gasteiger partial charge is 0.360 e. The average Bonchev–Trinajstić information content (AvgIpc) is 2.78. The van der Waals surface area contributed by atoms with Gasteiger partial charge in [0, 0.05) is 6.04 Å². The number of halogens is 1. The Morgan fingerprint density at radius 2 is 2.12 bits per heavy atom. The monoisotopic (exact) mass is 260 g/mol. The Hall–Kier alpha value is -1.14. The van der Waals surface area contributed by atoms with E-state index in [1.54, 1.807) is 10.9 Å². The van der Waals surface area contributed by atoms with E-state index in [9.17, 15) is 4.79 Å². The molecule has 1 heterocycles. The molecule has 0 aliphatic heterocycles. The number of ether oxygens (including phenoxy) is 1. The second-order valence-corrected chi connectivity index (χ2v) is 4.14. The van der Waals surface area contributed by atoms with Gasteiger partial charge in [-0.25, -0.2) is 9.48 Å². The Labute approximate surface area is 106 Å². The summed E-state index contributed by atoms with van der Waals surface area (Å²) in [4.78, 5) is 11.2. The SMILES string of the molecule is COC(=O)c1cn(C2CCC(N)CC2)nn1.Cl. The quantitative estimate of drug-likeness (QED) is 0.800. The molecule has 1 aliphatic carbocycles. The van der Waals surface area contributed by atoms with Crippen molar-refractivity contribution in [2.45, 2.75) is 37.8 Å². The first kappa shape index (κ1) is 13.9. The molecule has 2 rings (SSSR count). The third-order valence-corrected chi connectivity index (χ3v) is 3.02. The predicted molar refractivity (Wildman–Crippen MR) is 64.1 cm³/mol. The van der Waals surface area contributed by atoms with Gasteiger partial charge in [0.25, 0.3) is 0 Å². The number of methoxy groups -OCH3 is 1. The molecule has 0 bridgehead atoms. The van der Waals surface area contributed by atoms with E-state index >= 15 is 0 Å². The molecule has 6 nitrogen and oxygen atoms in total. The molecule has 0 atom stereocenters. The van der Waals surface area contributed by atoms with Crippen LogP contribution in [0.4, 0.5) is 0 Å². The molecular formula is C10H17ClN4O2. The van der Waals surface area contributed by atoms with E-state index in [1.165, 1.54) is 7.11 Å². The van der Waals surface area contributed by atoms with E-state index in [1.807, 2.05) is 0 Å². The third-order valence-electron chi connectivity index (χ3n) is 3.02. The van der Waals surface area contributed by atoms with E-state index < -0.39 is 5.97 Å². The molecular weight excluding hydrogens is 244 g/mol. The van der Waals surface area contributed by atoms with E-state index in [0.717, 1.165) is 25.7 Å². The molecule has 0 amide bonds. The Morgan fingerprint density at radius 3 is 2.71 bits per heavy atom. The van der Waals surface area contributed by atoms with Crippen molar-refractivity contribution in [3.05, 3.63) is 11.9 Å². The summed E-state index contributed by atoms with van der Waals surface area (Å²) in [5, 5.41) is 7.75.